The van der Waals surface area contributed by atoms with E-state index in [4.69, 9.17) is 12.2 Å². The van der Waals surface area contributed by atoms with Crippen molar-refractivity contribution in [1.82, 2.24) is 25.5 Å². The van der Waals surface area contributed by atoms with Gasteiger partial charge >= 0.3 is 0 Å². The number of rotatable bonds is 4. The fourth-order valence-corrected chi connectivity index (χ4v) is 2.16. The Hall–Kier alpha value is -1.87. The monoisotopic (exact) mass is 296 g/mol. The van der Waals surface area contributed by atoms with Crippen LogP contribution in [0.5, 0.6) is 0 Å². The van der Waals surface area contributed by atoms with Gasteiger partial charge in [0, 0.05) is 6.54 Å². The van der Waals surface area contributed by atoms with Crippen LogP contribution in [0.2, 0.25) is 0 Å². The van der Waals surface area contributed by atoms with Gasteiger partial charge in [0.2, 0.25) is 5.95 Å². The van der Waals surface area contributed by atoms with E-state index >= 15 is 0 Å². The van der Waals surface area contributed by atoms with E-state index in [0.717, 1.165) is 6.42 Å². The van der Waals surface area contributed by atoms with Crippen LogP contribution in [0.25, 0.3) is 0 Å². The molecule has 0 atom stereocenters. The van der Waals surface area contributed by atoms with E-state index in [0.29, 0.717) is 17.4 Å². The number of nitrogens with one attached hydrogen (secondary N) is 2. The van der Waals surface area contributed by atoms with Crippen LogP contribution in [0.3, 0.4) is 0 Å². The molecule has 19 heavy (non-hydrogen) atoms. The van der Waals surface area contributed by atoms with Crippen LogP contribution in [0.15, 0.2) is 17.5 Å². The van der Waals surface area contributed by atoms with E-state index in [9.17, 15) is 4.79 Å². The predicted molar refractivity (Wildman–Crippen MR) is 76.1 cm³/mol. The highest BCUT2D eigenvalue weighted by molar-refractivity contribution is 7.80. The summed E-state index contributed by atoms with van der Waals surface area (Å²) in [4.78, 5) is 12.4. The van der Waals surface area contributed by atoms with Gasteiger partial charge in [-0.3, -0.25) is 15.4 Å². The maximum atomic E-state index is 11.8. The number of thiocarbonyl (C=S) groups is 1. The zero-order chi connectivity index (χ0) is 13.7. The highest BCUT2D eigenvalue weighted by Crippen LogP contribution is 2.08. The highest BCUT2D eigenvalue weighted by atomic mass is 32.1. The molecule has 0 aliphatic heterocycles. The van der Waals surface area contributed by atoms with Gasteiger partial charge < -0.3 is 0 Å². The minimum absolute atomic E-state index is 0.172. The number of thiophene rings is 1. The fraction of sp³-hybridized carbons (Fsp3) is 0.300. The molecular weight excluding hydrogens is 284 g/mol. The molecule has 0 saturated heterocycles. The lowest BCUT2D eigenvalue weighted by molar-refractivity contribution is 0.0981. The lowest BCUT2D eigenvalue weighted by atomic mass is 10.4. The quantitative estimate of drug-likeness (QED) is 0.827. The molecule has 0 spiro atoms. The predicted octanol–water partition coefficient (Wildman–Crippen LogP) is 1.27. The van der Waals surface area contributed by atoms with Gasteiger partial charge in [-0.25, -0.2) is 4.68 Å². The number of amides is 1. The lowest BCUT2D eigenvalue weighted by Gasteiger charge is -2.08. The van der Waals surface area contributed by atoms with Crippen LogP contribution in [0.4, 0.5) is 5.95 Å². The van der Waals surface area contributed by atoms with Crippen molar-refractivity contribution in [3.8, 4) is 0 Å². The second-order valence-corrected chi connectivity index (χ2v) is 4.97. The van der Waals surface area contributed by atoms with Crippen molar-refractivity contribution in [2.75, 3.05) is 5.32 Å². The summed E-state index contributed by atoms with van der Waals surface area (Å²) in [6.45, 7) is 2.69. The third kappa shape index (κ3) is 3.55. The first-order valence-corrected chi connectivity index (χ1v) is 6.91. The molecule has 0 aromatic carbocycles. The van der Waals surface area contributed by atoms with Gasteiger partial charge in [0.25, 0.3) is 5.91 Å². The Balaban J connectivity index is 1.94. The van der Waals surface area contributed by atoms with Crippen LogP contribution in [-0.2, 0) is 6.54 Å². The Morgan fingerprint density at radius 3 is 3.11 bits per heavy atom. The molecular formula is C10H12N6OS2. The van der Waals surface area contributed by atoms with Gasteiger partial charge in [-0.15, -0.1) is 11.3 Å². The van der Waals surface area contributed by atoms with E-state index in [-0.39, 0.29) is 11.0 Å². The topological polar surface area (TPSA) is 84.7 Å². The Morgan fingerprint density at radius 2 is 2.42 bits per heavy atom. The van der Waals surface area contributed by atoms with Crippen molar-refractivity contribution in [2.45, 2.75) is 19.9 Å². The Kier molecular flexibility index (Phi) is 4.53. The molecule has 0 bridgehead atoms. The average Bonchev–Trinajstić information content (AvgIpc) is 3.01. The molecule has 0 fully saturated rings. The van der Waals surface area contributed by atoms with Gasteiger partial charge in [0.15, 0.2) is 5.11 Å². The third-order valence-electron chi connectivity index (χ3n) is 2.16. The number of anilines is 1. The maximum absolute atomic E-state index is 11.8. The summed E-state index contributed by atoms with van der Waals surface area (Å²) in [5.41, 5.74) is 0. The van der Waals surface area contributed by atoms with Crippen LogP contribution in [0, 0.1) is 0 Å². The smallest absolute Gasteiger partial charge is 0.267 e. The highest BCUT2D eigenvalue weighted by Gasteiger charge is 2.11. The summed E-state index contributed by atoms with van der Waals surface area (Å²) in [7, 11) is 0. The van der Waals surface area contributed by atoms with Gasteiger partial charge in [-0.2, -0.15) is 0 Å². The summed E-state index contributed by atoms with van der Waals surface area (Å²) < 4.78 is 1.59. The zero-order valence-electron chi connectivity index (χ0n) is 10.2. The minimum Gasteiger partial charge on any atom is -0.300 e. The van der Waals surface area contributed by atoms with Gasteiger partial charge in [-0.05, 0) is 40.5 Å². The minimum atomic E-state index is -0.248. The Bertz CT molecular complexity index is 564. The van der Waals surface area contributed by atoms with Crippen molar-refractivity contribution < 1.29 is 4.79 Å². The average molecular weight is 296 g/mol. The summed E-state index contributed by atoms with van der Waals surface area (Å²) >= 11 is 6.40. The van der Waals surface area contributed by atoms with Gasteiger partial charge in [0.05, 0.1) is 4.88 Å². The number of hydrogen-bond acceptors (Lipinski definition) is 6. The molecule has 9 heteroatoms. The molecule has 0 radical (unpaired) electrons. The summed E-state index contributed by atoms with van der Waals surface area (Å²) in [6, 6.07) is 3.53. The number of hydrogen-bond donors (Lipinski definition) is 2. The molecule has 0 aliphatic rings. The van der Waals surface area contributed by atoms with Crippen molar-refractivity contribution >= 4 is 40.5 Å². The van der Waals surface area contributed by atoms with Crippen molar-refractivity contribution in [1.29, 1.82) is 0 Å². The summed E-state index contributed by atoms with van der Waals surface area (Å²) in [6.07, 6.45) is 0.897. The number of nitrogens with zero attached hydrogens (tertiary/aromatic N) is 4. The first kappa shape index (κ1) is 13.6. The Morgan fingerprint density at radius 1 is 1.58 bits per heavy atom. The zero-order valence-corrected chi connectivity index (χ0v) is 11.8. The third-order valence-corrected chi connectivity index (χ3v) is 3.24. The van der Waals surface area contributed by atoms with Crippen molar-refractivity contribution in [2.24, 2.45) is 0 Å². The molecule has 0 aliphatic carbocycles. The maximum Gasteiger partial charge on any atom is 0.267 e. The number of carbonyl (C=O) groups is 1. The first-order valence-electron chi connectivity index (χ1n) is 5.62. The second-order valence-electron chi connectivity index (χ2n) is 3.61. The van der Waals surface area contributed by atoms with E-state index in [1.807, 2.05) is 12.3 Å². The van der Waals surface area contributed by atoms with Crippen LogP contribution in [-0.4, -0.2) is 31.2 Å². The SMILES string of the molecule is CCCn1nnnc1NC(=S)NC(=O)c1cccs1. The van der Waals surface area contributed by atoms with E-state index in [2.05, 4.69) is 26.2 Å². The van der Waals surface area contributed by atoms with E-state index in [1.165, 1.54) is 11.3 Å². The molecule has 7 nitrogen and oxygen atoms in total. The van der Waals surface area contributed by atoms with E-state index < -0.39 is 0 Å². The van der Waals surface area contributed by atoms with Gasteiger partial charge in [0.1, 0.15) is 0 Å². The molecule has 2 N–H and O–H groups in total. The summed E-state index contributed by atoms with van der Waals surface area (Å²) in [5, 5.41) is 18.5. The molecule has 1 amide bonds. The fourth-order valence-electron chi connectivity index (χ4n) is 1.36. The molecule has 0 unspecified atom stereocenters. The van der Waals surface area contributed by atoms with Crippen LogP contribution in [0.1, 0.15) is 23.0 Å². The number of aromatic nitrogens is 4. The van der Waals surface area contributed by atoms with Crippen LogP contribution >= 0.6 is 23.6 Å². The standard InChI is InChI=1S/C10H12N6OS2/c1-2-5-16-9(13-14-15-16)12-10(18)11-8(17)7-4-3-6-19-7/h3-4,6H,2,5H2,1H3,(H2,11,12,13,15,17,18). The molecule has 2 heterocycles. The normalized spacial score (nSPS) is 10.2. The van der Waals surface area contributed by atoms with Crippen LogP contribution < -0.4 is 10.6 Å². The van der Waals surface area contributed by atoms with Gasteiger partial charge in [-0.1, -0.05) is 18.1 Å². The lowest BCUT2D eigenvalue weighted by Crippen LogP contribution is -2.34. The second kappa shape index (κ2) is 6.34. The number of tetrazole rings is 1. The summed E-state index contributed by atoms with van der Waals surface area (Å²) in [5.74, 6) is 0.167. The largest absolute Gasteiger partial charge is 0.300 e. The Labute approximate surface area is 119 Å². The number of aryl methyl sites for hydroxylation is 1. The van der Waals surface area contributed by atoms with E-state index in [1.54, 1.807) is 16.8 Å². The molecule has 2 aromatic heterocycles. The molecule has 2 rings (SSSR count). The number of carbonyl (C=O) groups excluding carboxylic acids is 1. The molecule has 2 aromatic rings. The molecule has 100 valence electrons. The first-order chi connectivity index (χ1) is 9.20. The van der Waals surface area contributed by atoms with Crippen molar-refractivity contribution in [3.63, 3.8) is 0 Å². The molecule has 0 saturated carbocycles. The van der Waals surface area contributed by atoms with Crippen molar-refractivity contribution in [3.05, 3.63) is 22.4 Å².